The van der Waals surface area contributed by atoms with Crippen molar-refractivity contribution in [2.24, 2.45) is 17.4 Å². The number of allylic oxidation sites excluding steroid dienone is 2. The summed E-state index contributed by atoms with van der Waals surface area (Å²) in [6.07, 6.45) is 1.06. The van der Waals surface area contributed by atoms with E-state index in [4.69, 9.17) is 11.5 Å². The first-order chi connectivity index (χ1) is 4.09. The summed E-state index contributed by atoms with van der Waals surface area (Å²) >= 11 is 0. The summed E-state index contributed by atoms with van der Waals surface area (Å²) < 4.78 is 0. The zero-order valence-corrected chi connectivity index (χ0v) is 6.44. The molecule has 0 rings (SSSR count). The van der Waals surface area contributed by atoms with Crippen LogP contribution in [0.4, 0.5) is 0 Å². The molecular formula is C7H16N2. The van der Waals surface area contributed by atoms with Gasteiger partial charge in [-0.15, -0.1) is 0 Å². The minimum atomic E-state index is 0.426. The second-order valence-electron chi connectivity index (χ2n) is 2.45. The lowest BCUT2D eigenvalue weighted by molar-refractivity contribution is 0.638. The number of rotatable bonds is 2. The minimum Gasteiger partial charge on any atom is -0.401 e. The van der Waals surface area contributed by atoms with Gasteiger partial charge in [0, 0.05) is 11.4 Å². The Hall–Kier alpha value is -0.660. The molecule has 2 nitrogen and oxygen atoms in total. The van der Waals surface area contributed by atoms with E-state index in [0.29, 0.717) is 5.92 Å². The van der Waals surface area contributed by atoms with Crippen LogP contribution in [0.5, 0.6) is 0 Å². The van der Waals surface area contributed by atoms with E-state index < -0.39 is 0 Å². The topological polar surface area (TPSA) is 52.0 Å². The number of nitrogens with two attached hydrogens (primary N) is 2. The van der Waals surface area contributed by atoms with Crippen molar-refractivity contribution >= 4 is 0 Å². The first-order valence-electron chi connectivity index (χ1n) is 3.31. The van der Waals surface area contributed by atoms with Gasteiger partial charge in [0.15, 0.2) is 0 Å². The fourth-order valence-corrected chi connectivity index (χ4v) is 0.609. The Morgan fingerprint density at radius 1 is 1.44 bits per heavy atom. The van der Waals surface area contributed by atoms with E-state index in [1.807, 2.05) is 6.92 Å². The van der Waals surface area contributed by atoms with Gasteiger partial charge in [-0.1, -0.05) is 13.8 Å². The standard InChI is InChI=1S/C7H16N2/c1-4-5(2)7(9)6(3)8/h5H,4,8-9H2,1-3H3/b7-6-/t5-/m1/s1. The largest absolute Gasteiger partial charge is 0.401 e. The Balaban J connectivity index is 4.02. The third kappa shape index (κ3) is 2.40. The van der Waals surface area contributed by atoms with E-state index in [2.05, 4.69) is 13.8 Å². The molecule has 9 heavy (non-hydrogen) atoms. The molecule has 0 saturated heterocycles. The molecule has 0 aliphatic heterocycles. The van der Waals surface area contributed by atoms with E-state index in [1.165, 1.54) is 0 Å². The van der Waals surface area contributed by atoms with E-state index in [-0.39, 0.29) is 0 Å². The maximum Gasteiger partial charge on any atom is 0.0297 e. The molecule has 54 valence electrons. The number of hydrogen-bond donors (Lipinski definition) is 2. The van der Waals surface area contributed by atoms with E-state index in [1.54, 1.807) is 0 Å². The van der Waals surface area contributed by atoms with Gasteiger partial charge in [-0.2, -0.15) is 0 Å². The molecule has 0 aromatic carbocycles. The van der Waals surface area contributed by atoms with Crippen LogP contribution < -0.4 is 11.5 Å². The molecule has 0 aliphatic rings. The molecular weight excluding hydrogens is 112 g/mol. The van der Waals surface area contributed by atoms with Crippen molar-refractivity contribution in [1.29, 1.82) is 0 Å². The molecule has 4 N–H and O–H groups in total. The first kappa shape index (κ1) is 8.34. The average molecular weight is 128 g/mol. The smallest absolute Gasteiger partial charge is 0.0297 e. The Morgan fingerprint density at radius 2 is 1.89 bits per heavy atom. The third-order valence-corrected chi connectivity index (χ3v) is 1.60. The molecule has 0 radical (unpaired) electrons. The van der Waals surface area contributed by atoms with Gasteiger partial charge in [0.25, 0.3) is 0 Å². The summed E-state index contributed by atoms with van der Waals surface area (Å²) in [6.45, 7) is 6.01. The molecule has 0 unspecified atom stereocenters. The molecule has 1 atom stereocenters. The second-order valence-corrected chi connectivity index (χ2v) is 2.45. The fraction of sp³-hybridized carbons (Fsp3) is 0.714. The Kier molecular flexibility index (Phi) is 3.13. The van der Waals surface area contributed by atoms with Gasteiger partial charge in [0.1, 0.15) is 0 Å². The van der Waals surface area contributed by atoms with Crippen LogP contribution in [0.25, 0.3) is 0 Å². The highest BCUT2D eigenvalue weighted by Gasteiger charge is 2.02. The van der Waals surface area contributed by atoms with Crippen LogP contribution in [0.1, 0.15) is 27.2 Å². The highest BCUT2D eigenvalue weighted by atomic mass is 14.7. The van der Waals surface area contributed by atoms with Crippen molar-refractivity contribution in [1.82, 2.24) is 0 Å². The third-order valence-electron chi connectivity index (χ3n) is 1.60. The molecule has 0 aromatic rings. The predicted octanol–water partition coefficient (Wildman–Crippen LogP) is 1.18. The quantitative estimate of drug-likeness (QED) is 0.586. The summed E-state index contributed by atoms with van der Waals surface area (Å²) in [5, 5.41) is 0. The molecule has 0 heterocycles. The van der Waals surface area contributed by atoms with Crippen molar-refractivity contribution in [2.75, 3.05) is 0 Å². The summed E-state index contributed by atoms with van der Waals surface area (Å²) in [4.78, 5) is 0. The number of hydrogen-bond acceptors (Lipinski definition) is 2. The maximum absolute atomic E-state index is 5.63. The molecule has 0 amide bonds. The maximum atomic E-state index is 5.63. The Labute approximate surface area is 56.9 Å². The van der Waals surface area contributed by atoms with Gasteiger partial charge < -0.3 is 11.5 Å². The van der Waals surface area contributed by atoms with Crippen molar-refractivity contribution in [3.8, 4) is 0 Å². The molecule has 2 heteroatoms. The van der Waals surface area contributed by atoms with Crippen LogP contribution in [0.2, 0.25) is 0 Å². The van der Waals surface area contributed by atoms with Crippen LogP contribution in [0.3, 0.4) is 0 Å². The first-order valence-corrected chi connectivity index (χ1v) is 3.31. The van der Waals surface area contributed by atoms with E-state index in [9.17, 15) is 0 Å². The van der Waals surface area contributed by atoms with Gasteiger partial charge in [-0.3, -0.25) is 0 Å². The van der Waals surface area contributed by atoms with E-state index in [0.717, 1.165) is 17.8 Å². The summed E-state index contributed by atoms with van der Waals surface area (Å²) in [7, 11) is 0. The fourth-order valence-electron chi connectivity index (χ4n) is 0.609. The predicted molar refractivity (Wildman–Crippen MR) is 40.5 cm³/mol. The van der Waals surface area contributed by atoms with Gasteiger partial charge in [0.2, 0.25) is 0 Å². The highest BCUT2D eigenvalue weighted by Crippen LogP contribution is 2.09. The van der Waals surface area contributed by atoms with Crippen LogP contribution in [0, 0.1) is 5.92 Å². The van der Waals surface area contributed by atoms with Crippen LogP contribution in [-0.2, 0) is 0 Å². The van der Waals surface area contributed by atoms with Crippen molar-refractivity contribution in [2.45, 2.75) is 27.2 Å². The average Bonchev–Trinajstić information content (AvgIpc) is 1.84. The Bertz CT molecular complexity index is 112. The zero-order valence-electron chi connectivity index (χ0n) is 6.44. The second kappa shape index (κ2) is 3.38. The highest BCUT2D eigenvalue weighted by molar-refractivity contribution is 5.06. The molecule has 0 bridgehead atoms. The SMILES string of the molecule is CC[C@@H](C)/C(N)=C(\C)N. The van der Waals surface area contributed by atoms with Gasteiger partial charge in [-0.25, -0.2) is 0 Å². The summed E-state index contributed by atoms with van der Waals surface area (Å²) in [5.74, 6) is 0.426. The normalized spacial score (nSPS) is 16.8. The van der Waals surface area contributed by atoms with E-state index >= 15 is 0 Å². The van der Waals surface area contributed by atoms with Crippen molar-refractivity contribution in [3.63, 3.8) is 0 Å². The lowest BCUT2D eigenvalue weighted by atomic mass is 10.0. The summed E-state index contributed by atoms with van der Waals surface area (Å²) in [6, 6.07) is 0. The van der Waals surface area contributed by atoms with Crippen LogP contribution >= 0.6 is 0 Å². The van der Waals surface area contributed by atoms with Crippen LogP contribution in [0.15, 0.2) is 11.4 Å². The molecule has 0 aromatic heterocycles. The summed E-state index contributed by atoms with van der Waals surface area (Å²) in [5.41, 5.74) is 12.7. The minimum absolute atomic E-state index is 0.426. The molecule has 0 saturated carbocycles. The molecule has 0 aliphatic carbocycles. The van der Waals surface area contributed by atoms with Gasteiger partial charge >= 0.3 is 0 Å². The molecule has 0 spiro atoms. The van der Waals surface area contributed by atoms with Crippen LogP contribution in [-0.4, -0.2) is 0 Å². The lowest BCUT2D eigenvalue weighted by Gasteiger charge is -2.09. The van der Waals surface area contributed by atoms with Gasteiger partial charge in [0.05, 0.1) is 0 Å². The zero-order chi connectivity index (χ0) is 7.44. The monoisotopic (exact) mass is 128 g/mol. The Morgan fingerprint density at radius 3 is 2.00 bits per heavy atom. The van der Waals surface area contributed by atoms with Crippen molar-refractivity contribution in [3.05, 3.63) is 11.4 Å². The van der Waals surface area contributed by atoms with Crippen molar-refractivity contribution < 1.29 is 0 Å². The van der Waals surface area contributed by atoms with Gasteiger partial charge in [-0.05, 0) is 19.3 Å². The lowest BCUT2D eigenvalue weighted by Crippen LogP contribution is -2.13. The molecule has 0 fully saturated rings.